The van der Waals surface area contributed by atoms with Crippen molar-refractivity contribution in [1.82, 2.24) is 0 Å². The second-order valence-corrected chi connectivity index (χ2v) is 0. The van der Waals surface area contributed by atoms with Gasteiger partial charge in [-0.15, -0.1) is 0 Å². The van der Waals surface area contributed by atoms with Crippen molar-refractivity contribution < 1.29 is 59.2 Å². The fourth-order valence-electron chi connectivity index (χ4n) is 0. The van der Waals surface area contributed by atoms with Gasteiger partial charge >= 0.3 is 48.2 Å². The number of hydrogen-bond donors (Lipinski definition) is 0. The van der Waals surface area contributed by atoms with Crippen LogP contribution in [-0.2, 0) is 59.2 Å². The van der Waals surface area contributed by atoms with Crippen LogP contribution in [0.25, 0.3) is 0 Å². The number of rotatable bonds is 0. The minimum Gasteiger partial charge on any atom is -2.00 e. The van der Waals surface area contributed by atoms with E-state index < -0.39 is 0 Å². The molecule has 0 aliphatic rings. The molecule has 0 saturated heterocycles. The van der Waals surface area contributed by atoms with Gasteiger partial charge in [0.15, 0.2) is 0 Å². The molecule has 0 bridgehead atoms. The maximum Gasteiger partial charge on any atom is 5.00 e. The van der Waals surface area contributed by atoms with Crippen LogP contribution < -0.4 is 0 Å². The first-order valence-electron chi connectivity index (χ1n) is 0. The van der Waals surface area contributed by atoms with Crippen molar-refractivity contribution in [3.8, 4) is 0 Å². The summed E-state index contributed by atoms with van der Waals surface area (Å²) in [6.45, 7) is 0. The van der Waals surface area contributed by atoms with Crippen LogP contribution in [0, 0.1) is 0 Å². The predicted molar refractivity (Wildman–Crippen MR) is 1.37 cm³/mol. The van der Waals surface area contributed by atoms with E-state index in [1.54, 1.807) is 0 Å². The molecule has 0 atom stereocenters. The molecule has 0 aromatic rings. The molecule has 4 heteroatoms. The molecule has 0 unspecified atom stereocenters. The maximum atomic E-state index is 0. The van der Waals surface area contributed by atoms with Gasteiger partial charge in [-0.05, 0) is 0 Å². The third kappa shape index (κ3) is 9.65. The quantitative estimate of drug-likeness (QED) is 0.512. The van der Waals surface area contributed by atoms with Gasteiger partial charge in [0, 0.05) is 0 Å². The van der Waals surface area contributed by atoms with E-state index in [2.05, 4.69) is 0 Å². The van der Waals surface area contributed by atoms with E-state index in [1.165, 1.54) is 0 Å². The van der Waals surface area contributed by atoms with Gasteiger partial charge in [-0.1, -0.05) is 0 Å². The van der Waals surface area contributed by atoms with Crippen molar-refractivity contribution in [2.45, 2.75) is 0 Å². The van der Waals surface area contributed by atoms with Gasteiger partial charge in [-0.2, -0.15) is 0 Å². The normalized spacial score (nSPS) is 0. The van der Waals surface area contributed by atoms with Crippen molar-refractivity contribution in [1.29, 1.82) is 0 Å². The first kappa shape index (κ1) is 48.5. The van der Waals surface area contributed by atoms with Crippen molar-refractivity contribution in [2.24, 2.45) is 0 Å². The van der Waals surface area contributed by atoms with E-state index in [0.29, 0.717) is 0 Å². The van der Waals surface area contributed by atoms with Gasteiger partial charge in [0.05, 0.1) is 0 Å². The minimum atomic E-state index is 0. The van der Waals surface area contributed by atoms with Crippen LogP contribution >= 0.6 is 0 Å². The van der Waals surface area contributed by atoms with Gasteiger partial charge in [-0.25, -0.2) is 0 Å². The van der Waals surface area contributed by atoms with E-state index in [1.807, 2.05) is 0 Å². The van der Waals surface area contributed by atoms with Crippen LogP contribution in [0.1, 0.15) is 0 Å². The molecule has 0 saturated carbocycles. The molecule has 0 N–H and O–H groups in total. The Kier molecular flexibility index (Phi) is 292. The molecule has 0 fully saturated rings. The second-order valence-electron chi connectivity index (χ2n) is 0. The predicted octanol–water partition coefficient (Wildman–Crippen LogP) is -0.243. The Hall–Kier alpha value is 1.53. The van der Waals surface area contributed by atoms with E-state index in [0.717, 1.165) is 0 Å². The van der Waals surface area contributed by atoms with Crippen molar-refractivity contribution >= 4 is 0 Å². The smallest absolute Gasteiger partial charge is 2.00 e. The summed E-state index contributed by atoms with van der Waals surface area (Å²) in [6, 6.07) is 0. The van der Waals surface area contributed by atoms with E-state index in [-0.39, 0.29) is 59.2 Å². The minimum absolute atomic E-state index is 0. The summed E-state index contributed by atoms with van der Waals surface area (Å²) >= 11 is 0. The summed E-state index contributed by atoms with van der Waals surface area (Å²) in [4.78, 5) is 0. The molecular weight excluding hydrogens is 391 g/mol. The summed E-state index contributed by atoms with van der Waals surface area (Å²) in [5.41, 5.74) is 0. The molecule has 2 nitrogen and oxygen atoms in total. The van der Waals surface area contributed by atoms with E-state index >= 15 is 0 Å². The Labute approximate surface area is 58.9 Å². The van der Waals surface area contributed by atoms with Crippen LogP contribution in [0.4, 0.5) is 0 Å². The van der Waals surface area contributed by atoms with Crippen molar-refractivity contribution in [3.63, 3.8) is 0 Å². The van der Waals surface area contributed by atoms with E-state index in [9.17, 15) is 0 Å². The standard InChI is InChI=1S/Hf.2O.Ta/q+4;2*-2;+5. The average molecular weight is 391 g/mol. The topological polar surface area (TPSA) is 57.0 Å². The molecule has 0 aromatic carbocycles. The zero-order chi connectivity index (χ0) is 0. The number of hydrogen-bond acceptors (Lipinski definition) is 0. The maximum absolute atomic E-state index is 0. The largest absolute Gasteiger partial charge is 5.00 e. The second kappa shape index (κ2) is 24.1. The summed E-state index contributed by atoms with van der Waals surface area (Å²) < 4.78 is 0. The fourth-order valence-corrected chi connectivity index (χ4v) is 0. The molecule has 16 valence electrons. The molecule has 0 aromatic heterocycles. The van der Waals surface area contributed by atoms with Gasteiger partial charge in [0.1, 0.15) is 0 Å². The summed E-state index contributed by atoms with van der Waals surface area (Å²) in [7, 11) is 0. The molecular formula is HfO2Ta+5. The van der Waals surface area contributed by atoms with Gasteiger partial charge in [0.25, 0.3) is 0 Å². The molecule has 0 heterocycles. The summed E-state index contributed by atoms with van der Waals surface area (Å²) in [5.74, 6) is 0. The fraction of sp³-hybridized carbons (Fsp3) is 0. The van der Waals surface area contributed by atoms with Crippen LogP contribution in [0.3, 0.4) is 0 Å². The van der Waals surface area contributed by atoms with E-state index in [4.69, 9.17) is 0 Å². The molecule has 0 radical (unpaired) electrons. The third-order valence-electron chi connectivity index (χ3n) is 0. The van der Waals surface area contributed by atoms with Crippen LogP contribution in [0.15, 0.2) is 0 Å². The van der Waals surface area contributed by atoms with Gasteiger partial charge < -0.3 is 11.0 Å². The van der Waals surface area contributed by atoms with Crippen LogP contribution in [-0.4, -0.2) is 0 Å². The molecule has 4 heavy (non-hydrogen) atoms. The molecule has 0 aliphatic carbocycles. The Morgan fingerprint density at radius 2 is 0.750 bits per heavy atom. The van der Waals surface area contributed by atoms with Gasteiger partial charge in [0.2, 0.25) is 0 Å². The summed E-state index contributed by atoms with van der Waals surface area (Å²) in [5, 5.41) is 0. The molecule has 0 aliphatic heterocycles. The van der Waals surface area contributed by atoms with Crippen LogP contribution in [0.5, 0.6) is 0 Å². The zero-order valence-electron chi connectivity index (χ0n) is 1.76. The zero-order valence-corrected chi connectivity index (χ0v) is 8.57. The molecule has 0 spiro atoms. The Bertz CT molecular complexity index is 6.00. The monoisotopic (exact) mass is 393 g/mol. The Morgan fingerprint density at radius 3 is 0.750 bits per heavy atom. The van der Waals surface area contributed by atoms with Crippen LogP contribution in [0.2, 0.25) is 0 Å². The molecule has 0 amide bonds. The summed E-state index contributed by atoms with van der Waals surface area (Å²) in [6.07, 6.45) is 0. The first-order chi connectivity index (χ1) is 0. The SMILES string of the molecule is [Hf+4].[O-2].[O-2].[Ta+5]. The Balaban J connectivity index is 0. The third-order valence-corrected chi connectivity index (χ3v) is 0. The average Bonchev–Trinajstić information content (AvgIpc) is 0. The first-order valence-corrected chi connectivity index (χ1v) is 0. The van der Waals surface area contributed by atoms with Crippen molar-refractivity contribution in [2.75, 3.05) is 0 Å². The van der Waals surface area contributed by atoms with Crippen molar-refractivity contribution in [3.05, 3.63) is 0 Å². The van der Waals surface area contributed by atoms with Gasteiger partial charge in [-0.3, -0.25) is 0 Å². The Morgan fingerprint density at radius 1 is 0.750 bits per heavy atom. The molecule has 0 rings (SSSR count).